The van der Waals surface area contributed by atoms with Gasteiger partial charge in [-0.2, -0.15) is 0 Å². The summed E-state index contributed by atoms with van der Waals surface area (Å²) < 4.78 is 24.5. The molecule has 0 bridgehead atoms. The fourth-order valence-corrected chi connectivity index (χ4v) is 3.86. The number of carbonyl (C=O) groups excluding carboxylic acids is 1. The van der Waals surface area contributed by atoms with Crippen molar-refractivity contribution in [3.63, 3.8) is 0 Å². The standard InChI is InChI=1S/C11H16N4O4S2/c1-20-11-13-7-8(10(17)14-11)9(16)12-3-5-15-4-2-6-21(15,18)19/h7H,2-6H2,1H3,(H,12,16)(H,13,14,17). The van der Waals surface area contributed by atoms with Crippen LogP contribution in [0.1, 0.15) is 16.8 Å². The number of hydrogen-bond acceptors (Lipinski definition) is 6. The van der Waals surface area contributed by atoms with Gasteiger partial charge in [0.15, 0.2) is 5.16 Å². The molecule has 2 heterocycles. The number of aromatic amines is 1. The third-order valence-corrected chi connectivity index (χ3v) is 5.61. The minimum absolute atomic E-state index is 0.0860. The maximum absolute atomic E-state index is 11.9. The summed E-state index contributed by atoms with van der Waals surface area (Å²) in [5.74, 6) is -0.409. The predicted octanol–water partition coefficient (Wildman–Crippen LogP) is -0.743. The smallest absolute Gasteiger partial charge is 0.264 e. The van der Waals surface area contributed by atoms with Gasteiger partial charge in [-0.1, -0.05) is 11.8 Å². The summed E-state index contributed by atoms with van der Waals surface area (Å²) >= 11 is 1.27. The van der Waals surface area contributed by atoms with Gasteiger partial charge in [0.2, 0.25) is 10.0 Å². The minimum atomic E-state index is -3.17. The number of H-pyrrole nitrogens is 1. The molecule has 0 unspecified atom stereocenters. The van der Waals surface area contributed by atoms with Crippen LogP contribution in [0.25, 0.3) is 0 Å². The quantitative estimate of drug-likeness (QED) is 0.542. The van der Waals surface area contributed by atoms with E-state index in [1.165, 1.54) is 22.3 Å². The van der Waals surface area contributed by atoms with E-state index in [1.54, 1.807) is 6.26 Å². The van der Waals surface area contributed by atoms with Gasteiger partial charge in [-0.25, -0.2) is 17.7 Å². The average Bonchev–Trinajstić information content (AvgIpc) is 2.77. The van der Waals surface area contributed by atoms with E-state index in [2.05, 4.69) is 15.3 Å². The Labute approximate surface area is 126 Å². The Kier molecular flexibility index (Phi) is 5.01. The van der Waals surface area contributed by atoms with Crippen LogP contribution in [-0.4, -0.2) is 60.2 Å². The molecule has 1 aliphatic rings. The highest BCUT2D eigenvalue weighted by atomic mass is 32.2. The molecule has 0 radical (unpaired) electrons. The third-order valence-electron chi connectivity index (χ3n) is 3.06. The molecular weight excluding hydrogens is 316 g/mol. The summed E-state index contributed by atoms with van der Waals surface area (Å²) in [6.45, 7) is 0.840. The molecule has 1 aromatic heterocycles. The van der Waals surface area contributed by atoms with Crippen molar-refractivity contribution in [2.24, 2.45) is 0 Å². The lowest BCUT2D eigenvalue weighted by molar-refractivity contribution is 0.0949. The molecule has 1 fully saturated rings. The first-order valence-corrected chi connectivity index (χ1v) is 9.17. The van der Waals surface area contributed by atoms with E-state index < -0.39 is 21.5 Å². The molecule has 1 aliphatic heterocycles. The zero-order valence-corrected chi connectivity index (χ0v) is 13.1. The highest BCUT2D eigenvalue weighted by Crippen LogP contribution is 2.11. The monoisotopic (exact) mass is 332 g/mol. The van der Waals surface area contributed by atoms with Gasteiger partial charge in [0, 0.05) is 25.8 Å². The molecule has 0 atom stereocenters. The van der Waals surface area contributed by atoms with Gasteiger partial charge in [-0.3, -0.25) is 9.59 Å². The fourth-order valence-electron chi connectivity index (χ4n) is 1.98. The molecule has 0 saturated carbocycles. The number of carbonyl (C=O) groups is 1. The van der Waals surface area contributed by atoms with Gasteiger partial charge in [0.1, 0.15) is 5.56 Å². The van der Waals surface area contributed by atoms with Gasteiger partial charge >= 0.3 is 0 Å². The molecular formula is C11H16N4O4S2. The number of nitrogens with zero attached hydrogens (tertiary/aromatic N) is 2. The molecule has 2 N–H and O–H groups in total. The molecule has 1 amide bonds. The Bertz CT molecular complexity index is 686. The normalized spacial score (nSPS) is 17.8. The Morgan fingerprint density at radius 1 is 1.57 bits per heavy atom. The van der Waals surface area contributed by atoms with Crippen molar-refractivity contribution >= 4 is 27.7 Å². The molecule has 0 spiro atoms. The summed E-state index contributed by atoms with van der Waals surface area (Å²) in [5.41, 5.74) is -0.599. The Morgan fingerprint density at radius 2 is 2.33 bits per heavy atom. The van der Waals surface area contributed by atoms with Crippen molar-refractivity contribution in [1.82, 2.24) is 19.6 Å². The SMILES string of the molecule is CSc1ncc(C(=O)NCCN2CCCS2(=O)=O)c(=O)[nH]1. The maximum Gasteiger partial charge on any atom is 0.264 e. The second-order valence-corrected chi connectivity index (χ2v) is 7.34. The van der Waals surface area contributed by atoms with E-state index in [4.69, 9.17) is 0 Å². The highest BCUT2D eigenvalue weighted by molar-refractivity contribution is 7.98. The van der Waals surface area contributed by atoms with Gasteiger partial charge in [-0.05, 0) is 12.7 Å². The van der Waals surface area contributed by atoms with E-state index in [-0.39, 0.29) is 24.4 Å². The van der Waals surface area contributed by atoms with Crippen molar-refractivity contribution in [2.75, 3.05) is 31.6 Å². The molecule has 2 rings (SSSR count). The van der Waals surface area contributed by atoms with E-state index in [9.17, 15) is 18.0 Å². The topological polar surface area (TPSA) is 112 Å². The molecule has 21 heavy (non-hydrogen) atoms. The Morgan fingerprint density at radius 3 is 2.90 bits per heavy atom. The van der Waals surface area contributed by atoms with E-state index >= 15 is 0 Å². The van der Waals surface area contributed by atoms with Gasteiger partial charge < -0.3 is 10.3 Å². The summed E-state index contributed by atoms with van der Waals surface area (Å²) in [6.07, 6.45) is 3.58. The lowest BCUT2D eigenvalue weighted by Crippen LogP contribution is -2.37. The number of thioether (sulfide) groups is 1. The summed E-state index contributed by atoms with van der Waals surface area (Å²) in [4.78, 5) is 29.9. The van der Waals surface area contributed by atoms with Crippen LogP contribution in [0.3, 0.4) is 0 Å². The largest absolute Gasteiger partial charge is 0.350 e. The lowest BCUT2D eigenvalue weighted by atomic mass is 10.3. The minimum Gasteiger partial charge on any atom is -0.350 e. The molecule has 116 valence electrons. The van der Waals surface area contributed by atoms with Gasteiger partial charge in [0.25, 0.3) is 11.5 Å². The van der Waals surface area contributed by atoms with Crippen molar-refractivity contribution < 1.29 is 13.2 Å². The number of aromatic nitrogens is 2. The first-order valence-electron chi connectivity index (χ1n) is 6.33. The summed E-state index contributed by atoms with van der Waals surface area (Å²) in [6, 6.07) is 0. The number of hydrogen-bond donors (Lipinski definition) is 2. The van der Waals surface area contributed by atoms with Crippen LogP contribution < -0.4 is 10.9 Å². The summed E-state index contributed by atoms with van der Waals surface area (Å²) in [5, 5.41) is 2.96. The Hall–Kier alpha value is -1.39. The average molecular weight is 332 g/mol. The van der Waals surface area contributed by atoms with Crippen LogP contribution in [0.2, 0.25) is 0 Å². The van der Waals surface area contributed by atoms with Crippen LogP contribution in [0.15, 0.2) is 16.1 Å². The second kappa shape index (κ2) is 6.58. The summed E-state index contributed by atoms with van der Waals surface area (Å²) in [7, 11) is -3.17. The molecule has 10 heteroatoms. The van der Waals surface area contributed by atoms with Gasteiger partial charge in [0.05, 0.1) is 5.75 Å². The number of amides is 1. The molecule has 8 nitrogen and oxygen atoms in total. The number of sulfonamides is 1. The second-order valence-electron chi connectivity index (χ2n) is 4.46. The zero-order chi connectivity index (χ0) is 15.5. The fraction of sp³-hybridized carbons (Fsp3) is 0.545. The highest BCUT2D eigenvalue weighted by Gasteiger charge is 2.27. The van der Waals surface area contributed by atoms with Crippen LogP contribution in [-0.2, 0) is 10.0 Å². The molecule has 1 saturated heterocycles. The number of nitrogens with one attached hydrogen (secondary N) is 2. The van der Waals surface area contributed by atoms with Crippen molar-refractivity contribution in [3.05, 3.63) is 22.1 Å². The molecule has 0 aliphatic carbocycles. The first-order chi connectivity index (χ1) is 9.94. The van der Waals surface area contributed by atoms with Crippen molar-refractivity contribution in [3.8, 4) is 0 Å². The number of rotatable bonds is 5. The van der Waals surface area contributed by atoms with E-state index in [0.29, 0.717) is 18.1 Å². The first kappa shape index (κ1) is 16.0. The molecule has 1 aromatic rings. The lowest BCUT2D eigenvalue weighted by Gasteiger charge is -2.14. The van der Waals surface area contributed by atoms with Crippen LogP contribution in [0.4, 0.5) is 0 Å². The predicted molar refractivity (Wildman–Crippen MR) is 78.9 cm³/mol. The molecule has 0 aromatic carbocycles. The zero-order valence-electron chi connectivity index (χ0n) is 11.5. The van der Waals surface area contributed by atoms with Crippen LogP contribution in [0.5, 0.6) is 0 Å². The third kappa shape index (κ3) is 3.83. The maximum atomic E-state index is 11.9. The van der Waals surface area contributed by atoms with E-state index in [1.807, 2.05) is 0 Å². The van der Waals surface area contributed by atoms with Crippen LogP contribution >= 0.6 is 11.8 Å². The Balaban J connectivity index is 1.92. The van der Waals surface area contributed by atoms with E-state index in [0.717, 1.165) is 0 Å². The van der Waals surface area contributed by atoms with Crippen LogP contribution in [0, 0.1) is 0 Å². The van der Waals surface area contributed by atoms with Gasteiger partial charge in [-0.15, -0.1) is 0 Å². The van der Waals surface area contributed by atoms with Crippen molar-refractivity contribution in [2.45, 2.75) is 11.6 Å². The van der Waals surface area contributed by atoms with Crippen molar-refractivity contribution in [1.29, 1.82) is 0 Å².